The van der Waals surface area contributed by atoms with E-state index in [1.807, 2.05) is 6.07 Å². The largest absolute Gasteiger partial charge is 0.493 e. The third-order valence-corrected chi connectivity index (χ3v) is 4.55. The molecule has 1 aromatic rings. The number of nitriles is 1. The van der Waals surface area contributed by atoms with Crippen molar-refractivity contribution < 1.29 is 24.2 Å². The molecule has 7 nitrogen and oxygen atoms in total. The van der Waals surface area contributed by atoms with Crippen LogP contribution in [0.15, 0.2) is 22.2 Å². The number of hydrogen-bond acceptors (Lipinski definition) is 5. The van der Waals surface area contributed by atoms with Crippen molar-refractivity contribution in [3.63, 3.8) is 0 Å². The van der Waals surface area contributed by atoms with E-state index < -0.39 is 18.5 Å². The first-order chi connectivity index (χ1) is 12.4. The molecule has 1 aromatic carbocycles. The molecule has 0 bridgehead atoms. The first-order valence-corrected chi connectivity index (χ1v) is 8.88. The lowest BCUT2D eigenvalue weighted by Gasteiger charge is -2.13. The van der Waals surface area contributed by atoms with Crippen molar-refractivity contribution >= 4 is 33.9 Å². The molecule has 8 heteroatoms. The zero-order chi connectivity index (χ0) is 19.1. The van der Waals surface area contributed by atoms with Crippen molar-refractivity contribution in [2.24, 2.45) is 0 Å². The molecule has 0 aromatic heterocycles. The van der Waals surface area contributed by atoms with E-state index in [1.54, 1.807) is 12.1 Å². The predicted molar refractivity (Wildman–Crippen MR) is 97.8 cm³/mol. The van der Waals surface area contributed by atoms with Gasteiger partial charge in [-0.1, -0.05) is 12.8 Å². The Hall–Kier alpha value is -2.53. The summed E-state index contributed by atoms with van der Waals surface area (Å²) in [7, 11) is 1.42. The fraction of sp³-hybridized carbons (Fsp3) is 0.389. The molecule has 0 aliphatic heterocycles. The molecule has 1 aliphatic rings. The molecule has 1 saturated carbocycles. The number of carbonyl (C=O) groups excluding carboxylic acids is 1. The topological polar surface area (TPSA) is 109 Å². The molecule has 2 N–H and O–H groups in total. The zero-order valence-corrected chi connectivity index (χ0v) is 15.8. The maximum absolute atomic E-state index is 12.3. The quantitative estimate of drug-likeness (QED) is 0.516. The van der Waals surface area contributed by atoms with Gasteiger partial charge in [-0.3, -0.25) is 4.79 Å². The highest BCUT2D eigenvalue weighted by Crippen LogP contribution is 2.37. The van der Waals surface area contributed by atoms with E-state index >= 15 is 0 Å². The number of nitrogens with one attached hydrogen (secondary N) is 1. The number of aliphatic carboxylic acids is 1. The Kier molecular flexibility index (Phi) is 7.04. The minimum Gasteiger partial charge on any atom is -0.493 e. The van der Waals surface area contributed by atoms with Crippen LogP contribution in [0.3, 0.4) is 0 Å². The van der Waals surface area contributed by atoms with Crippen LogP contribution in [0.5, 0.6) is 11.5 Å². The highest BCUT2D eigenvalue weighted by Gasteiger charge is 2.20. The fourth-order valence-electron chi connectivity index (χ4n) is 2.75. The molecule has 138 valence electrons. The van der Waals surface area contributed by atoms with Crippen molar-refractivity contribution in [3.8, 4) is 17.6 Å². The van der Waals surface area contributed by atoms with Crippen LogP contribution in [0, 0.1) is 11.3 Å². The number of benzene rings is 1. The van der Waals surface area contributed by atoms with E-state index in [4.69, 9.17) is 14.6 Å². The lowest BCUT2D eigenvalue weighted by molar-refractivity contribution is -0.139. The second-order valence-corrected chi connectivity index (χ2v) is 6.70. The molecule has 0 spiro atoms. The number of carboxylic acid groups (broad SMARTS) is 1. The van der Waals surface area contributed by atoms with Gasteiger partial charge in [-0.05, 0) is 52.5 Å². The molecule has 26 heavy (non-hydrogen) atoms. The van der Waals surface area contributed by atoms with Crippen LogP contribution in [0.2, 0.25) is 0 Å². The van der Waals surface area contributed by atoms with E-state index in [-0.39, 0.29) is 17.4 Å². The third kappa shape index (κ3) is 5.23. The van der Waals surface area contributed by atoms with E-state index in [2.05, 4.69) is 21.2 Å². The first-order valence-electron chi connectivity index (χ1n) is 8.09. The van der Waals surface area contributed by atoms with Crippen LogP contribution in [0.4, 0.5) is 0 Å². The summed E-state index contributed by atoms with van der Waals surface area (Å²) in [5, 5.41) is 20.9. The molecule has 0 radical (unpaired) electrons. The summed E-state index contributed by atoms with van der Waals surface area (Å²) in [6.45, 7) is -0.516. The van der Waals surface area contributed by atoms with E-state index in [0.29, 0.717) is 15.8 Å². The summed E-state index contributed by atoms with van der Waals surface area (Å²) in [5.41, 5.74) is 0.541. The average Bonchev–Trinajstić information content (AvgIpc) is 3.10. The number of ether oxygens (including phenoxy) is 2. The molecule has 0 atom stereocenters. The van der Waals surface area contributed by atoms with Gasteiger partial charge in [0.05, 0.1) is 11.6 Å². The normalized spacial score (nSPS) is 14.6. The van der Waals surface area contributed by atoms with E-state index in [1.165, 1.54) is 13.2 Å². The molecule has 1 fully saturated rings. The summed E-state index contributed by atoms with van der Waals surface area (Å²) in [6.07, 6.45) is 5.48. The Morgan fingerprint density at radius 1 is 1.42 bits per heavy atom. The first kappa shape index (κ1) is 19.8. The molecule has 0 unspecified atom stereocenters. The number of rotatable bonds is 7. The Morgan fingerprint density at radius 3 is 2.69 bits per heavy atom. The van der Waals surface area contributed by atoms with Gasteiger partial charge < -0.3 is 19.9 Å². The van der Waals surface area contributed by atoms with E-state index in [9.17, 15) is 14.9 Å². The Labute approximate surface area is 159 Å². The minimum absolute atomic E-state index is 0.00921. The lowest BCUT2D eigenvalue weighted by Crippen LogP contribution is -2.33. The molecule has 0 saturated heterocycles. The van der Waals surface area contributed by atoms with Crippen LogP contribution >= 0.6 is 15.9 Å². The van der Waals surface area contributed by atoms with Crippen molar-refractivity contribution in [2.75, 3.05) is 13.7 Å². The zero-order valence-electron chi connectivity index (χ0n) is 14.3. The van der Waals surface area contributed by atoms with Gasteiger partial charge in [-0.2, -0.15) is 5.26 Å². The predicted octanol–water partition coefficient (Wildman–Crippen LogP) is 2.89. The Morgan fingerprint density at radius 2 is 2.12 bits per heavy atom. The molecule has 1 amide bonds. The number of carbonyl (C=O) groups is 2. The fourth-order valence-corrected chi connectivity index (χ4v) is 3.32. The Bertz CT molecular complexity index is 764. The maximum atomic E-state index is 12.3. The standard InChI is InChI=1S/C18H19BrN2O5/c1-25-15-8-11(7-14(19)17(15)26-10-16(22)23)6-12(9-20)18(24)21-13-4-2-3-5-13/h6-8,13H,2-5,10H2,1H3,(H,21,24)(H,22,23)/b12-6-. The number of amides is 1. The van der Waals surface area contributed by atoms with Gasteiger partial charge in [-0.25, -0.2) is 4.79 Å². The number of nitrogens with zero attached hydrogens (tertiary/aromatic N) is 1. The van der Waals surface area contributed by atoms with Crippen LogP contribution in [0.1, 0.15) is 31.2 Å². The molecule has 2 rings (SSSR count). The summed E-state index contributed by atoms with van der Waals surface area (Å²) in [4.78, 5) is 23.0. The van der Waals surface area contributed by atoms with Gasteiger partial charge in [0.15, 0.2) is 18.1 Å². The van der Waals surface area contributed by atoms with Crippen molar-refractivity contribution in [1.29, 1.82) is 5.26 Å². The highest BCUT2D eigenvalue weighted by molar-refractivity contribution is 9.10. The number of carboxylic acids is 1. The molecular weight excluding hydrogens is 404 g/mol. The van der Waals surface area contributed by atoms with Gasteiger partial charge in [-0.15, -0.1) is 0 Å². The van der Waals surface area contributed by atoms with Crippen molar-refractivity contribution in [1.82, 2.24) is 5.32 Å². The van der Waals surface area contributed by atoms with Crippen molar-refractivity contribution in [3.05, 3.63) is 27.7 Å². The van der Waals surface area contributed by atoms with Gasteiger partial charge in [0.1, 0.15) is 11.6 Å². The molecule has 1 aliphatic carbocycles. The SMILES string of the molecule is COc1cc(/C=C(/C#N)C(=O)NC2CCCC2)cc(Br)c1OCC(=O)O. The Balaban J connectivity index is 2.23. The monoisotopic (exact) mass is 422 g/mol. The highest BCUT2D eigenvalue weighted by atomic mass is 79.9. The third-order valence-electron chi connectivity index (χ3n) is 3.96. The van der Waals surface area contributed by atoms with Crippen LogP contribution < -0.4 is 14.8 Å². The number of methoxy groups -OCH3 is 1. The van der Waals surface area contributed by atoms with Gasteiger partial charge >= 0.3 is 5.97 Å². The number of hydrogen-bond donors (Lipinski definition) is 2. The number of halogens is 1. The molecular formula is C18H19BrN2O5. The van der Waals surface area contributed by atoms with Crippen LogP contribution in [-0.2, 0) is 9.59 Å². The van der Waals surface area contributed by atoms with Crippen LogP contribution in [-0.4, -0.2) is 36.7 Å². The van der Waals surface area contributed by atoms with Gasteiger partial charge in [0, 0.05) is 6.04 Å². The average molecular weight is 423 g/mol. The van der Waals surface area contributed by atoms with Crippen molar-refractivity contribution in [2.45, 2.75) is 31.7 Å². The maximum Gasteiger partial charge on any atom is 0.341 e. The summed E-state index contributed by atoms with van der Waals surface area (Å²) in [5.74, 6) is -0.986. The second kappa shape index (κ2) is 9.25. The minimum atomic E-state index is -1.11. The summed E-state index contributed by atoms with van der Waals surface area (Å²) < 4.78 is 10.9. The van der Waals surface area contributed by atoms with E-state index in [0.717, 1.165) is 25.7 Å². The smallest absolute Gasteiger partial charge is 0.341 e. The summed E-state index contributed by atoms with van der Waals surface area (Å²) in [6, 6.07) is 5.23. The lowest BCUT2D eigenvalue weighted by atomic mass is 10.1. The second-order valence-electron chi connectivity index (χ2n) is 5.84. The van der Waals surface area contributed by atoms with Gasteiger partial charge in [0.2, 0.25) is 0 Å². The molecule has 0 heterocycles. The summed E-state index contributed by atoms with van der Waals surface area (Å²) >= 11 is 3.30. The van der Waals surface area contributed by atoms with Crippen LogP contribution in [0.25, 0.3) is 6.08 Å². The van der Waals surface area contributed by atoms with Gasteiger partial charge in [0.25, 0.3) is 5.91 Å².